The van der Waals surface area contributed by atoms with Gasteiger partial charge in [0.25, 0.3) is 0 Å². The van der Waals surface area contributed by atoms with Crippen LogP contribution in [0.5, 0.6) is 0 Å². The summed E-state index contributed by atoms with van der Waals surface area (Å²) in [7, 11) is -3.43. The van der Waals surface area contributed by atoms with Gasteiger partial charge in [-0.3, -0.25) is 0 Å². The number of carboxylic acids is 1. The average Bonchev–Trinajstić information content (AvgIpc) is 2.36. The molecular formula is C16H21NO4S. The van der Waals surface area contributed by atoms with Crippen LogP contribution < -0.4 is 5.32 Å². The fourth-order valence-corrected chi connectivity index (χ4v) is 4.38. The number of allylic oxidation sites excluding steroid dienone is 2. The van der Waals surface area contributed by atoms with E-state index in [1.807, 2.05) is 31.2 Å². The first-order valence-corrected chi connectivity index (χ1v) is 8.93. The molecule has 2 rings (SSSR count). The fourth-order valence-electron chi connectivity index (χ4n) is 3.03. The third-order valence-electron chi connectivity index (χ3n) is 4.11. The Balaban J connectivity index is 2.62. The van der Waals surface area contributed by atoms with E-state index in [2.05, 4.69) is 5.32 Å². The van der Waals surface area contributed by atoms with Gasteiger partial charge >= 0.3 is 5.97 Å². The van der Waals surface area contributed by atoms with Gasteiger partial charge in [0.05, 0.1) is 4.91 Å². The zero-order chi connectivity index (χ0) is 16.7. The van der Waals surface area contributed by atoms with E-state index in [4.69, 9.17) is 0 Å². The summed E-state index contributed by atoms with van der Waals surface area (Å²) in [5.41, 5.74) is 1.11. The van der Waals surface area contributed by atoms with Crippen molar-refractivity contribution in [3.8, 4) is 0 Å². The van der Waals surface area contributed by atoms with Crippen LogP contribution >= 0.6 is 0 Å². The molecule has 1 aliphatic rings. The third-order valence-corrected chi connectivity index (χ3v) is 5.50. The van der Waals surface area contributed by atoms with Gasteiger partial charge in [-0.1, -0.05) is 29.8 Å². The van der Waals surface area contributed by atoms with Gasteiger partial charge < -0.3 is 10.4 Å². The Bertz CT molecular complexity index is 734. The normalized spacial score (nSPS) is 25.7. The van der Waals surface area contributed by atoms with E-state index >= 15 is 0 Å². The van der Waals surface area contributed by atoms with Crippen molar-refractivity contribution in [2.24, 2.45) is 0 Å². The fraction of sp³-hybridized carbons (Fsp3) is 0.438. The molecule has 0 saturated heterocycles. The van der Waals surface area contributed by atoms with Crippen LogP contribution in [0.2, 0.25) is 0 Å². The van der Waals surface area contributed by atoms with Crippen molar-refractivity contribution >= 4 is 15.8 Å². The zero-order valence-corrected chi connectivity index (χ0v) is 14.0. The average molecular weight is 323 g/mol. The summed E-state index contributed by atoms with van der Waals surface area (Å²) in [6, 6.07) is 7.55. The highest BCUT2D eigenvalue weighted by Gasteiger charge is 2.44. The van der Waals surface area contributed by atoms with Crippen LogP contribution in [0.3, 0.4) is 0 Å². The van der Waals surface area contributed by atoms with Crippen LogP contribution in [-0.4, -0.2) is 31.3 Å². The summed E-state index contributed by atoms with van der Waals surface area (Å²) in [5.74, 6) is -1.45. The van der Waals surface area contributed by atoms with Gasteiger partial charge in [0, 0.05) is 17.9 Å². The molecule has 1 heterocycles. The summed E-state index contributed by atoms with van der Waals surface area (Å²) in [5, 5.41) is 12.3. The lowest BCUT2D eigenvalue weighted by atomic mass is 9.80. The van der Waals surface area contributed by atoms with Gasteiger partial charge in [-0.15, -0.1) is 0 Å². The molecule has 0 fully saturated rings. The number of aliphatic carboxylic acids is 1. The maximum absolute atomic E-state index is 12.2. The Kier molecular flexibility index (Phi) is 4.08. The molecule has 1 aromatic rings. The molecule has 2 N–H and O–H groups in total. The van der Waals surface area contributed by atoms with E-state index < -0.39 is 27.3 Å². The molecule has 22 heavy (non-hydrogen) atoms. The summed E-state index contributed by atoms with van der Waals surface area (Å²) in [4.78, 5) is 11.8. The Morgan fingerprint density at radius 2 is 1.82 bits per heavy atom. The lowest BCUT2D eigenvalue weighted by Crippen LogP contribution is -2.53. The van der Waals surface area contributed by atoms with E-state index in [1.165, 1.54) is 0 Å². The molecule has 0 bridgehead atoms. The molecule has 1 aromatic carbocycles. The van der Waals surface area contributed by atoms with Crippen LogP contribution in [-0.2, 0) is 14.6 Å². The van der Waals surface area contributed by atoms with Crippen molar-refractivity contribution in [3.63, 3.8) is 0 Å². The van der Waals surface area contributed by atoms with Crippen molar-refractivity contribution in [1.29, 1.82) is 0 Å². The second-order valence-electron chi connectivity index (χ2n) is 6.19. The summed E-state index contributed by atoms with van der Waals surface area (Å²) < 4.78 is 24.4. The van der Waals surface area contributed by atoms with Crippen molar-refractivity contribution in [2.45, 2.75) is 38.6 Å². The van der Waals surface area contributed by atoms with Gasteiger partial charge in [0.1, 0.15) is 5.54 Å². The predicted molar refractivity (Wildman–Crippen MR) is 85.3 cm³/mol. The van der Waals surface area contributed by atoms with Crippen LogP contribution in [0.4, 0.5) is 0 Å². The van der Waals surface area contributed by atoms with E-state index in [0.29, 0.717) is 5.70 Å². The first-order chi connectivity index (χ1) is 10.0. The molecule has 2 atom stereocenters. The Morgan fingerprint density at radius 1 is 1.27 bits per heavy atom. The minimum atomic E-state index is -3.43. The Labute approximate surface area is 131 Å². The Morgan fingerprint density at radius 3 is 2.27 bits per heavy atom. The van der Waals surface area contributed by atoms with Crippen molar-refractivity contribution < 1.29 is 18.3 Å². The maximum atomic E-state index is 12.2. The third kappa shape index (κ3) is 3.02. The summed E-state index contributed by atoms with van der Waals surface area (Å²) >= 11 is 0. The smallest absolute Gasteiger partial charge is 0.329 e. The van der Waals surface area contributed by atoms with E-state index in [-0.39, 0.29) is 11.3 Å². The maximum Gasteiger partial charge on any atom is 0.329 e. The quantitative estimate of drug-likeness (QED) is 0.891. The van der Waals surface area contributed by atoms with E-state index in [0.717, 1.165) is 17.4 Å². The van der Waals surface area contributed by atoms with Crippen LogP contribution in [0.1, 0.15) is 37.3 Å². The lowest BCUT2D eigenvalue weighted by molar-refractivity contribution is -0.144. The number of hydrogen-bond donors (Lipinski definition) is 2. The molecule has 0 radical (unpaired) electrons. The number of carbonyl (C=O) groups is 1. The van der Waals surface area contributed by atoms with Gasteiger partial charge in [-0.05, 0) is 32.8 Å². The molecule has 0 spiro atoms. The highest BCUT2D eigenvalue weighted by molar-refractivity contribution is 7.94. The van der Waals surface area contributed by atoms with Crippen LogP contribution in [0.15, 0.2) is 34.9 Å². The number of hydrogen-bond acceptors (Lipinski definition) is 4. The molecule has 0 aromatic heterocycles. The number of nitrogens with one attached hydrogen (secondary N) is 1. The molecule has 5 nitrogen and oxygen atoms in total. The van der Waals surface area contributed by atoms with Crippen LogP contribution in [0.25, 0.3) is 0 Å². The van der Waals surface area contributed by atoms with Gasteiger partial charge in [-0.2, -0.15) is 0 Å². The summed E-state index contributed by atoms with van der Waals surface area (Å²) in [6.45, 7) is 5.16. The topological polar surface area (TPSA) is 83.5 Å². The molecule has 1 aliphatic heterocycles. The number of aryl methyl sites for hydroxylation is 1. The van der Waals surface area contributed by atoms with Crippen molar-refractivity contribution in [3.05, 3.63) is 46.0 Å². The SMILES string of the molecule is CC1=C(S(C)(=O)=O)C(c2ccc(C)cc2)CC(C)(C(=O)O)N1. The van der Waals surface area contributed by atoms with Gasteiger partial charge in [0.2, 0.25) is 0 Å². The Hall–Kier alpha value is -1.82. The summed E-state index contributed by atoms with van der Waals surface area (Å²) in [6.07, 6.45) is 1.35. The largest absolute Gasteiger partial charge is 0.480 e. The van der Waals surface area contributed by atoms with Gasteiger partial charge in [0.15, 0.2) is 9.84 Å². The molecular weight excluding hydrogens is 302 g/mol. The number of benzene rings is 1. The van der Waals surface area contributed by atoms with Crippen molar-refractivity contribution in [2.75, 3.05) is 6.26 Å². The molecule has 2 unspecified atom stereocenters. The minimum absolute atomic E-state index is 0.186. The molecule has 0 aliphatic carbocycles. The second kappa shape index (κ2) is 5.43. The monoisotopic (exact) mass is 323 g/mol. The van der Waals surface area contributed by atoms with Crippen LogP contribution in [0, 0.1) is 6.92 Å². The second-order valence-corrected chi connectivity index (χ2v) is 8.18. The highest BCUT2D eigenvalue weighted by Crippen LogP contribution is 2.40. The zero-order valence-electron chi connectivity index (χ0n) is 13.2. The lowest BCUT2D eigenvalue weighted by Gasteiger charge is -2.38. The number of rotatable bonds is 3. The molecule has 6 heteroatoms. The minimum Gasteiger partial charge on any atom is -0.480 e. The first kappa shape index (κ1) is 16.5. The molecule has 0 amide bonds. The van der Waals surface area contributed by atoms with E-state index in [9.17, 15) is 18.3 Å². The molecule has 0 saturated carbocycles. The number of sulfone groups is 1. The number of carboxylic acid groups (broad SMARTS) is 1. The standard InChI is InChI=1S/C16H21NO4S/c1-10-5-7-12(8-6-10)13-9-16(3,15(18)19)17-11(2)14(13)22(4,20)21/h5-8,13,17H,9H2,1-4H3,(H,18,19). The highest BCUT2D eigenvalue weighted by atomic mass is 32.2. The predicted octanol–water partition coefficient (Wildman–Crippen LogP) is 2.19. The van der Waals surface area contributed by atoms with Gasteiger partial charge in [-0.25, -0.2) is 13.2 Å². The molecule has 120 valence electrons. The van der Waals surface area contributed by atoms with Crippen molar-refractivity contribution in [1.82, 2.24) is 5.32 Å². The van der Waals surface area contributed by atoms with E-state index in [1.54, 1.807) is 13.8 Å². The first-order valence-electron chi connectivity index (χ1n) is 7.03.